The number of anilines is 2. The van der Waals surface area contributed by atoms with Crippen LogP contribution in [0.3, 0.4) is 0 Å². The van der Waals surface area contributed by atoms with Crippen molar-refractivity contribution < 1.29 is 10.2 Å². The highest BCUT2D eigenvalue weighted by Crippen LogP contribution is 2.42. The molecule has 0 saturated heterocycles. The predicted octanol–water partition coefficient (Wildman–Crippen LogP) is 5.39. The first-order chi connectivity index (χ1) is 16.8. The summed E-state index contributed by atoms with van der Waals surface area (Å²) in [6.07, 6.45) is 0. The number of phenolic OH excluding ortho intramolecular Hbond substituents is 2. The van der Waals surface area contributed by atoms with E-state index in [1.165, 1.54) is 0 Å². The lowest BCUT2D eigenvalue weighted by Crippen LogP contribution is -2.23. The minimum Gasteiger partial charge on any atom is -0.506 e. The fourth-order valence-electron chi connectivity index (χ4n) is 3.99. The summed E-state index contributed by atoms with van der Waals surface area (Å²) in [7, 11) is 0. The monoisotopic (exact) mass is 458 g/mol. The van der Waals surface area contributed by atoms with Gasteiger partial charge >= 0.3 is 0 Å². The Balaban J connectivity index is 1.90. The van der Waals surface area contributed by atoms with Crippen molar-refractivity contribution >= 4 is 11.4 Å². The predicted molar refractivity (Wildman–Crippen MR) is 142 cm³/mol. The molecule has 0 fully saturated rings. The summed E-state index contributed by atoms with van der Waals surface area (Å²) in [5, 5.41) is 20.7. The summed E-state index contributed by atoms with van der Waals surface area (Å²) in [5.41, 5.74) is 16.7. The quantitative estimate of drug-likeness (QED) is 0.184. The van der Waals surface area contributed by atoms with Crippen molar-refractivity contribution in [3.8, 4) is 35.2 Å². The van der Waals surface area contributed by atoms with Crippen molar-refractivity contribution in [3.63, 3.8) is 0 Å². The van der Waals surface area contributed by atoms with E-state index >= 15 is 0 Å². The third-order valence-electron chi connectivity index (χ3n) is 6.00. The lowest BCUT2D eigenvalue weighted by Gasteiger charge is -2.30. The fraction of sp³-hybridized carbons (Fsp3) is 0.0968. The minimum atomic E-state index is -0.662. The van der Waals surface area contributed by atoms with Crippen molar-refractivity contribution in [2.45, 2.75) is 19.3 Å². The lowest BCUT2D eigenvalue weighted by molar-refractivity contribution is 0.476. The maximum atomic E-state index is 10.3. The molecule has 4 aromatic rings. The van der Waals surface area contributed by atoms with E-state index < -0.39 is 5.41 Å². The molecular formula is C31H26N2O2. The Morgan fingerprint density at radius 2 is 0.914 bits per heavy atom. The summed E-state index contributed by atoms with van der Waals surface area (Å²) < 4.78 is 0. The molecule has 35 heavy (non-hydrogen) atoms. The van der Waals surface area contributed by atoms with Crippen LogP contribution in [0.5, 0.6) is 11.5 Å². The van der Waals surface area contributed by atoms with Crippen LogP contribution in [0.1, 0.15) is 47.2 Å². The van der Waals surface area contributed by atoms with Crippen molar-refractivity contribution in [1.29, 1.82) is 0 Å². The Kier molecular flexibility index (Phi) is 6.40. The smallest absolute Gasteiger partial charge is 0.139 e. The summed E-state index contributed by atoms with van der Waals surface area (Å²) in [6, 6.07) is 25.9. The van der Waals surface area contributed by atoms with Gasteiger partial charge in [0.25, 0.3) is 0 Å². The zero-order valence-corrected chi connectivity index (χ0v) is 19.6. The van der Waals surface area contributed by atoms with Crippen LogP contribution in [-0.2, 0) is 5.41 Å². The molecular weight excluding hydrogens is 432 g/mol. The Labute approximate surface area is 205 Å². The lowest BCUT2D eigenvalue weighted by atomic mass is 9.73. The highest BCUT2D eigenvalue weighted by Gasteiger charge is 2.30. The molecule has 0 spiro atoms. The third kappa shape index (κ3) is 4.78. The summed E-state index contributed by atoms with van der Waals surface area (Å²) in [4.78, 5) is 0. The van der Waals surface area contributed by atoms with Gasteiger partial charge in [0, 0.05) is 16.5 Å². The average Bonchev–Trinajstić information content (AvgIpc) is 2.86. The summed E-state index contributed by atoms with van der Waals surface area (Å²) in [5.74, 6) is 12.6. The number of nitrogen functional groups attached to an aromatic ring is 2. The molecule has 4 aromatic carbocycles. The second-order valence-corrected chi connectivity index (χ2v) is 8.70. The zero-order valence-electron chi connectivity index (χ0n) is 19.6. The van der Waals surface area contributed by atoms with Gasteiger partial charge in [0.1, 0.15) is 11.5 Å². The summed E-state index contributed by atoms with van der Waals surface area (Å²) in [6.45, 7) is 4.04. The number of hydrogen-bond donors (Lipinski definition) is 4. The first-order valence-corrected chi connectivity index (χ1v) is 11.2. The molecule has 0 amide bonds. The molecule has 172 valence electrons. The Morgan fingerprint density at radius 3 is 1.29 bits per heavy atom. The van der Waals surface area contributed by atoms with E-state index in [-0.39, 0.29) is 22.9 Å². The van der Waals surface area contributed by atoms with Crippen molar-refractivity contribution in [1.82, 2.24) is 0 Å². The molecule has 0 radical (unpaired) electrons. The molecule has 6 N–H and O–H groups in total. The van der Waals surface area contributed by atoms with Gasteiger partial charge in [-0.15, -0.1) is 0 Å². The van der Waals surface area contributed by atoms with Gasteiger partial charge in [-0.1, -0.05) is 86.1 Å². The van der Waals surface area contributed by atoms with Crippen molar-refractivity contribution in [2.75, 3.05) is 11.5 Å². The van der Waals surface area contributed by atoms with Crippen LogP contribution in [0.2, 0.25) is 0 Å². The van der Waals surface area contributed by atoms with Crippen LogP contribution in [0.4, 0.5) is 11.4 Å². The third-order valence-corrected chi connectivity index (χ3v) is 6.00. The van der Waals surface area contributed by atoms with Gasteiger partial charge in [-0.25, -0.2) is 0 Å². The normalized spacial score (nSPS) is 10.6. The maximum absolute atomic E-state index is 10.3. The Bertz CT molecular complexity index is 1390. The molecule has 4 rings (SSSR count). The molecule has 4 heteroatoms. The molecule has 0 aliphatic carbocycles. The number of nitrogens with two attached hydrogens (primary N) is 2. The molecule has 0 atom stereocenters. The first-order valence-electron chi connectivity index (χ1n) is 11.2. The van der Waals surface area contributed by atoms with Crippen LogP contribution in [0.25, 0.3) is 0 Å². The van der Waals surface area contributed by atoms with Gasteiger partial charge in [-0.2, -0.15) is 0 Å². The SMILES string of the molecule is CC(C)(c1ccc(O)c(N)c1C#Cc1ccccc1)c1ccc(O)c(N)c1C#Cc1ccccc1. The van der Waals surface area contributed by atoms with Crippen LogP contribution in [0, 0.1) is 23.7 Å². The topological polar surface area (TPSA) is 92.5 Å². The number of benzene rings is 4. The van der Waals surface area contributed by atoms with E-state index in [9.17, 15) is 10.2 Å². The van der Waals surface area contributed by atoms with E-state index in [4.69, 9.17) is 11.5 Å². The van der Waals surface area contributed by atoms with Crippen LogP contribution >= 0.6 is 0 Å². The molecule has 0 heterocycles. The largest absolute Gasteiger partial charge is 0.506 e. The van der Waals surface area contributed by atoms with Crippen molar-refractivity contribution in [3.05, 3.63) is 118 Å². The average molecular weight is 459 g/mol. The minimum absolute atomic E-state index is 0.0313. The second kappa shape index (κ2) is 9.59. The Morgan fingerprint density at radius 1 is 0.543 bits per heavy atom. The van der Waals surface area contributed by atoms with E-state index in [1.54, 1.807) is 12.1 Å². The molecule has 0 saturated carbocycles. The number of hydrogen-bond acceptors (Lipinski definition) is 4. The van der Waals surface area contributed by atoms with Crippen LogP contribution in [-0.4, -0.2) is 10.2 Å². The van der Waals surface area contributed by atoms with Crippen LogP contribution in [0.15, 0.2) is 84.9 Å². The molecule has 0 aliphatic heterocycles. The standard InChI is InChI=1S/C31H26N2O2/c1-31(2,25-17-19-27(34)29(32)23(25)15-13-21-9-5-3-6-10-21)26-18-20-28(35)30(33)24(26)16-14-22-11-7-4-8-12-22/h3-12,17-20,34-35H,32-33H2,1-2H3. The number of rotatable bonds is 2. The van der Waals surface area contributed by atoms with Gasteiger partial charge in [0.2, 0.25) is 0 Å². The van der Waals surface area contributed by atoms with Crippen molar-refractivity contribution in [2.24, 2.45) is 0 Å². The maximum Gasteiger partial charge on any atom is 0.139 e. The van der Waals surface area contributed by atoms with Gasteiger partial charge < -0.3 is 21.7 Å². The molecule has 0 aliphatic rings. The van der Waals surface area contributed by atoms with Gasteiger partial charge in [-0.3, -0.25) is 0 Å². The molecule has 4 nitrogen and oxygen atoms in total. The van der Waals surface area contributed by atoms with E-state index in [1.807, 2.05) is 86.6 Å². The molecule has 0 bridgehead atoms. The zero-order chi connectivity index (χ0) is 25.0. The van der Waals surface area contributed by atoms with Gasteiger partial charge in [0.05, 0.1) is 22.5 Å². The highest BCUT2D eigenvalue weighted by molar-refractivity contribution is 5.73. The van der Waals surface area contributed by atoms with Gasteiger partial charge in [0.15, 0.2) is 0 Å². The van der Waals surface area contributed by atoms with Gasteiger partial charge in [-0.05, 0) is 47.5 Å². The first kappa shape index (κ1) is 23.4. The Hall–Kier alpha value is -4.80. The number of aromatic hydroxyl groups is 2. The van der Waals surface area contributed by atoms with E-state index in [2.05, 4.69) is 23.7 Å². The fourth-order valence-corrected chi connectivity index (χ4v) is 3.99. The number of phenols is 2. The summed E-state index contributed by atoms with van der Waals surface area (Å²) >= 11 is 0. The second-order valence-electron chi connectivity index (χ2n) is 8.70. The van der Waals surface area contributed by atoms with E-state index in [0.29, 0.717) is 11.1 Å². The molecule has 0 aromatic heterocycles. The van der Waals surface area contributed by atoms with Crippen LogP contribution < -0.4 is 11.5 Å². The molecule has 0 unspecified atom stereocenters. The van der Waals surface area contributed by atoms with E-state index in [0.717, 1.165) is 22.3 Å². The highest BCUT2D eigenvalue weighted by atomic mass is 16.3.